The number of nitrogens with zero attached hydrogens (tertiary/aromatic N) is 1. The zero-order chi connectivity index (χ0) is 8.69. The van der Waals surface area contributed by atoms with Gasteiger partial charge in [-0.25, -0.2) is 9.68 Å². The van der Waals surface area contributed by atoms with E-state index in [1.807, 2.05) is 5.34 Å². The summed E-state index contributed by atoms with van der Waals surface area (Å²) in [6.45, 7) is 1.35. The monoisotopic (exact) mass is 162 g/mol. The summed E-state index contributed by atoms with van der Waals surface area (Å²) in [7, 11) is 0. The molecule has 0 aromatic carbocycles. The summed E-state index contributed by atoms with van der Waals surface area (Å²) in [6, 6.07) is -0.866. The lowest BCUT2D eigenvalue weighted by molar-refractivity contribution is -0.275. The highest BCUT2D eigenvalue weighted by molar-refractivity contribution is 5.77. The fourth-order valence-corrected chi connectivity index (χ4v) is 0.294. The molecule has 62 valence electrons. The number of nitrogens with one attached hydrogen (secondary N) is 1. The number of carbonyl (C=O) groups excluding carboxylic acids is 2. The maximum absolute atomic E-state index is 10.5. The van der Waals surface area contributed by atoms with Gasteiger partial charge in [0.15, 0.2) is 0 Å². The van der Waals surface area contributed by atoms with Gasteiger partial charge in [-0.15, -0.1) is 9.90 Å². The molecule has 11 heavy (non-hydrogen) atoms. The van der Waals surface area contributed by atoms with E-state index in [-0.39, 0.29) is 0 Å². The molecule has 0 aromatic rings. The minimum Gasteiger partial charge on any atom is -0.345 e. The second-order valence-electron chi connectivity index (χ2n) is 1.56. The number of carbonyl (C=O) groups is 2. The van der Waals surface area contributed by atoms with Gasteiger partial charge in [-0.1, -0.05) is 0 Å². The van der Waals surface area contributed by atoms with E-state index in [1.165, 1.54) is 6.92 Å². The van der Waals surface area contributed by atoms with Crippen LogP contribution in [0, 0.1) is 4.91 Å². The SMILES string of the molecule is CC(NC=O)C(=O)OON=O. The van der Waals surface area contributed by atoms with Crippen molar-refractivity contribution in [1.82, 2.24) is 5.32 Å². The standard InChI is InChI=1S/C4H6N2O5/c1-3(5-2-7)4(8)10-11-6-9/h2-3H,1H3,(H,5,7). The van der Waals surface area contributed by atoms with Gasteiger partial charge in [0.1, 0.15) is 6.04 Å². The molecule has 1 atom stereocenters. The molecule has 1 amide bonds. The molecule has 7 nitrogen and oxygen atoms in total. The average molecular weight is 162 g/mol. The molecular weight excluding hydrogens is 156 g/mol. The van der Waals surface area contributed by atoms with Crippen LogP contribution in [0.5, 0.6) is 0 Å². The fraction of sp³-hybridized carbons (Fsp3) is 0.500. The molecule has 0 aliphatic rings. The van der Waals surface area contributed by atoms with Crippen molar-refractivity contribution < 1.29 is 19.5 Å². The highest BCUT2D eigenvalue weighted by atomic mass is 17.3. The normalized spacial score (nSPS) is 11.0. The zero-order valence-corrected chi connectivity index (χ0v) is 5.64. The van der Waals surface area contributed by atoms with Crippen molar-refractivity contribution in [3.8, 4) is 0 Å². The van der Waals surface area contributed by atoms with Crippen LogP contribution >= 0.6 is 0 Å². The van der Waals surface area contributed by atoms with Gasteiger partial charge in [-0.2, -0.15) is 0 Å². The van der Waals surface area contributed by atoms with Crippen molar-refractivity contribution in [1.29, 1.82) is 0 Å². The molecule has 0 saturated heterocycles. The smallest absolute Gasteiger partial charge is 0.345 e. The summed E-state index contributed by atoms with van der Waals surface area (Å²) < 4.78 is 0. The topological polar surface area (TPSA) is 94.1 Å². The Morgan fingerprint density at radius 3 is 2.82 bits per heavy atom. The summed E-state index contributed by atoms with van der Waals surface area (Å²) in [5.74, 6) is -0.906. The lowest BCUT2D eigenvalue weighted by Crippen LogP contribution is -2.33. The first-order chi connectivity index (χ1) is 5.22. The molecule has 0 aliphatic heterocycles. The predicted molar refractivity (Wildman–Crippen MR) is 31.6 cm³/mol. The molecule has 0 fully saturated rings. The summed E-state index contributed by atoms with van der Waals surface area (Å²) in [5, 5.41) is 3.88. The van der Waals surface area contributed by atoms with E-state index in [1.54, 1.807) is 0 Å². The van der Waals surface area contributed by atoms with Crippen LogP contribution in [0.1, 0.15) is 6.92 Å². The minimum absolute atomic E-state index is 0.320. The summed E-state index contributed by atoms with van der Waals surface area (Å²) in [5.41, 5.74) is 0. The lowest BCUT2D eigenvalue weighted by Gasteiger charge is -2.03. The first kappa shape index (κ1) is 9.34. The van der Waals surface area contributed by atoms with Crippen molar-refractivity contribution in [2.24, 2.45) is 5.34 Å². The molecule has 0 bridgehead atoms. The van der Waals surface area contributed by atoms with E-state index in [4.69, 9.17) is 0 Å². The van der Waals surface area contributed by atoms with Crippen LogP contribution in [0.3, 0.4) is 0 Å². The van der Waals surface area contributed by atoms with Crippen LogP contribution in [0.4, 0.5) is 0 Å². The Hall–Kier alpha value is -1.66. The number of hydrogen-bond acceptors (Lipinski definition) is 6. The van der Waals surface area contributed by atoms with Crippen LogP contribution < -0.4 is 5.32 Å². The van der Waals surface area contributed by atoms with Gasteiger partial charge in [0.2, 0.25) is 11.8 Å². The molecule has 7 heteroatoms. The maximum Gasteiger partial charge on any atom is 0.379 e. The van der Waals surface area contributed by atoms with Crippen molar-refractivity contribution in [2.45, 2.75) is 13.0 Å². The highest BCUT2D eigenvalue weighted by Crippen LogP contribution is 1.87. The zero-order valence-electron chi connectivity index (χ0n) is 5.64. The minimum atomic E-state index is -0.906. The van der Waals surface area contributed by atoms with Gasteiger partial charge >= 0.3 is 5.97 Å². The van der Waals surface area contributed by atoms with Gasteiger partial charge in [0, 0.05) is 0 Å². The second-order valence-corrected chi connectivity index (χ2v) is 1.56. The van der Waals surface area contributed by atoms with E-state index in [2.05, 4.69) is 15.2 Å². The van der Waals surface area contributed by atoms with Crippen LogP contribution in [0.15, 0.2) is 5.34 Å². The van der Waals surface area contributed by atoms with Crippen LogP contribution in [0.2, 0.25) is 0 Å². The first-order valence-electron chi connectivity index (χ1n) is 2.62. The van der Waals surface area contributed by atoms with E-state index in [9.17, 15) is 14.5 Å². The Morgan fingerprint density at radius 2 is 2.36 bits per heavy atom. The summed E-state index contributed by atoms with van der Waals surface area (Å²) in [6.07, 6.45) is 0.320. The quantitative estimate of drug-likeness (QED) is 0.249. The third-order valence-electron chi connectivity index (χ3n) is 0.821. The third-order valence-corrected chi connectivity index (χ3v) is 0.821. The fourth-order valence-electron chi connectivity index (χ4n) is 0.294. The number of hydrogen-bond donors (Lipinski definition) is 1. The second kappa shape index (κ2) is 5.15. The lowest BCUT2D eigenvalue weighted by atomic mass is 10.4. The molecule has 0 aliphatic carbocycles. The van der Waals surface area contributed by atoms with Gasteiger partial charge in [-0.05, 0) is 6.92 Å². The predicted octanol–water partition coefficient (Wildman–Crippen LogP) is -0.723. The Bertz CT molecular complexity index is 159. The van der Waals surface area contributed by atoms with Crippen LogP contribution in [-0.4, -0.2) is 18.4 Å². The molecular formula is C4H6N2O5. The first-order valence-corrected chi connectivity index (χ1v) is 2.62. The van der Waals surface area contributed by atoms with Crippen molar-refractivity contribution >= 4 is 12.4 Å². The molecule has 1 N–H and O–H groups in total. The van der Waals surface area contributed by atoms with Gasteiger partial charge in [0.25, 0.3) is 0 Å². The Labute approximate surface area is 61.5 Å². The highest BCUT2D eigenvalue weighted by Gasteiger charge is 2.14. The molecule has 1 unspecified atom stereocenters. The summed E-state index contributed by atoms with van der Waals surface area (Å²) in [4.78, 5) is 36.7. The van der Waals surface area contributed by atoms with Gasteiger partial charge in [0.05, 0.1) is 0 Å². The van der Waals surface area contributed by atoms with Crippen molar-refractivity contribution in [3.05, 3.63) is 4.91 Å². The molecule has 0 spiro atoms. The van der Waals surface area contributed by atoms with Crippen LogP contribution in [-0.2, 0) is 19.5 Å². The van der Waals surface area contributed by atoms with Crippen LogP contribution in [0.25, 0.3) is 0 Å². The van der Waals surface area contributed by atoms with E-state index < -0.39 is 12.0 Å². The Morgan fingerprint density at radius 1 is 1.73 bits per heavy atom. The third kappa shape index (κ3) is 3.84. The van der Waals surface area contributed by atoms with E-state index >= 15 is 0 Å². The van der Waals surface area contributed by atoms with Gasteiger partial charge in [-0.3, -0.25) is 4.79 Å². The molecule has 0 aromatic heterocycles. The van der Waals surface area contributed by atoms with E-state index in [0.717, 1.165) is 0 Å². The summed E-state index contributed by atoms with van der Waals surface area (Å²) >= 11 is 0. The van der Waals surface area contributed by atoms with Crippen molar-refractivity contribution in [3.63, 3.8) is 0 Å². The molecule has 0 saturated carbocycles. The largest absolute Gasteiger partial charge is 0.379 e. The number of amides is 1. The molecule has 0 radical (unpaired) electrons. The maximum atomic E-state index is 10.5. The Kier molecular flexibility index (Phi) is 4.37. The number of rotatable bonds is 5. The van der Waals surface area contributed by atoms with Crippen molar-refractivity contribution in [2.75, 3.05) is 0 Å². The van der Waals surface area contributed by atoms with E-state index in [0.29, 0.717) is 6.41 Å². The Balaban J connectivity index is 3.62. The molecule has 0 rings (SSSR count). The molecule has 0 heterocycles. The van der Waals surface area contributed by atoms with Gasteiger partial charge < -0.3 is 5.32 Å². The average Bonchev–Trinajstić information content (AvgIpc) is 2.00.